The lowest BCUT2D eigenvalue weighted by molar-refractivity contribution is 1.23. The summed E-state index contributed by atoms with van der Waals surface area (Å²) in [6.45, 7) is 10.2. The fraction of sp³-hybridized carbons (Fsp3) is 0.250. The van der Waals surface area contributed by atoms with Crippen LogP contribution in [-0.2, 0) is 0 Å². The highest BCUT2D eigenvalue weighted by Gasteiger charge is 1.96. The van der Waals surface area contributed by atoms with Gasteiger partial charge in [-0.25, -0.2) is 0 Å². The molecule has 16 heavy (non-hydrogen) atoms. The van der Waals surface area contributed by atoms with Crippen molar-refractivity contribution in [2.75, 3.05) is 0 Å². The molecular weight excluding hydrogens is 192 g/mol. The van der Waals surface area contributed by atoms with Gasteiger partial charge < -0.3 is 0 Å². The number of rotatable bonds is 4. The lowest BCUT2D eigenvalue weighted by atomic mass is 10.0. The van der Waals surface area contributed by atoms with E-state index in [4.69, 9.17) is 0 Å². The van der Waals surface area contributed by atoms with Crippen LogP contribution in [0.1, 0.15) is 31.4 Å². The van der Waals surface area contributed by atoms with Crippen LogP contribution in [-0.4, -0.2) is 0 Å². The molecule has 1 aromatic rings. The van der Waals surface area contributed by atoms with Crippen LogP contribution in [0.25, 0.3) is 5.57 Å². The Morgan fingerprint density at radius 1 is 1.19 bits per heavy atom. The van der Waals surface area contributed by atoms with Crippen molar-refractivity contribution >= 4 is 5.57 Å². The van der Waals surface area contributed by atoms with Gasteiger partial charge in [-0.05, 0) is 31.4 Å². The molecule has 0 unspecified atom stereocenters. The summed E-state index contributed by atoms with van der Waals surface area (Å²) in [7, 11) is 0. The molecular formula is C16H20. The lowest BCUT2D eigenvalue weighted by Crippen LogP contribution is -1.82. The second-order valence-electron chi connectivity index (χ2n) is 4.11. The maximum Gasteiger partial charge on any atom is -0.0187 e. The third kappa shape index (κ3) is 3.90. The van der Waals surface area contributed by atoms with E-state index in [0.717, 1.165) is 12.0 Å². The van der Waals surface area contributed by atoms with Gasteiger partial charge in [0.15, 0.2) is 0 Å². The van der Waals surface area contributed by atoms with Crippen LogP contribution in [0.15, 0.2) is 54.6 Å². The van der Waals surface area contributed by atoms with E-state index in [1.807, 2.05) is 6.92 Å². The Morgan fingerprint density at radius 2 is 1.81 bits per heavy atom. The number of benzene rings is 1. The van der Waals surface area contributed by atoms with Crippen molar-refractivity contribution in [1.29, 1.82) is 0 Å². The number of allylic oxidation sites excluding steroid dienone is 5. The maximum atomic E-state index is 3.88. The van der Waals surface area contributed by atoms with Gasteiger partial charge in [0.1, 0.15) is 0 Å². The summed E-state index contributed by atoms with van der Waals surface area (Å²) in [5.41, 5.74) is 4.91. The van der Waals surface area contributed by atoms with Crippen LogP contribution in [0.5, 0.6) is 0 Å². The Morgan fingerprint density at radius 3 is 2.31 bits per heavy atom. The van der Waals surface area contributed by atoms with Gasteiger partial charge >= 0.3 is 0 Å². The predicted octanol–water partition coefficient (Wildman–Crippen LogP) is 4.92. The van der Waals surface area contributed by atoms with Gasteiger partial charge in [-0.2, -0.15) is 0 Å². The minimum Gasteiger partial charge on any atom is -0.0961 e. The maximum absolute atomic E-state index is 3.88. The highest BCUT2D eigenvalue weighted by atomic mass is 14.0. The van der Waals surface area contributed by atoms with Crippen LogP contribution < -0.4 is 0 Å². The van der Waals surface area contributed by atoms with Gasteiger partial charge in [-0.3, -0.25) is 0 Å². The Hall–Kier alpha value is -1.56. The molecule has 0 aliphatic heterocycles. The molecule has 0 saturated carbocycles. The second kappa shape index (κ2) is 6.12. The summed E-state index contributed by atoms with van der Waals surface area (Å²) in [5.74, 6) is 0. The van der Waals surface area contributed by atoms with E-state index in [1.165, 1.54) is 16.7 Å². The summed E-state index contributed by atoms with van der Waals surface area (Å²) in [5, 5.41) is 0. The predicted molar refractivity (Wildman–Crippen MR) is 73.4 cm³/mol. The van der Waals surface area contributed by atoms with Gasteiger partial charge in [-0.1, -0.05) is 67.1 Å². The van der Waals surface area contributed by atoms with Crippen LogP contribution in [0.2, 0.25) is 0 Å². The molecule has 0 fully saturated rings. The van der Waals surface area contributed by atoms with E-state index >= 15 is 0 Å². The first-order valence-corrected chi connectivity index (χ1v) is 5.74. The van der Waals surface area contributed by atoms with Crippen molar-refractivity contribution in [3.63, 3.8) is 0 Å². The lowest BCUT2D eigenvalue weighted by Gasteiger charge is -2.03. The van der Waals surface area contributed by atoms with Crippen molar-refractivity contribution in [2.45, 2.75) is 27.2 Å². The van der Waals surface area contributed by atoms with Crippen LogP contribution in [0.4, 0.5) is 0 Å². The molecule has 0 atom stereocenters. The molecule has 0 aliphatic rings. The Balaban J connectivity index is 2.99. The smallest absolute Gasteiger partial charge is 0.0187 e. The summed E-state index contributed by atoms with van der Waals surface area (Å²) >= 11 is 0. The van der Waals surface area contributed by atoms with Gasteiger partial charge in [0, 0.05) is 0 Å². The van der Waals surface area contributed by atoms with Crippen molar-refractivity contribution in [3.8, 4) is 0 Å². The quantitative estimate of drug-likeness (QED) is 0.621. The standard InChI is InChI=1S/C16H20/c1-5-6-15(10-7-13(2)3)16-11-8-14(4)9-12-16/h6-12H,2,5H2,1,3-4H3/b10-7-,15-6+. The van der Waals surface area contributed by atoms with Crippen LogP contribution in [0, 0.1) is 6.92 Å². The molecule has 0 nitrogen and oxygen atoms in total. The third-order valence-electron chi connectivity index (χ3n) is 2.36. The normalized spacial score (nSPS) is 12.1. The zero-order chi connectivity index (χ0) is 12.0. The van der Waals surface area contributed by atoms with Gasteiger partial charge in [0.2, 0.25) is 0 Å². The minimum absolute atomic E-state index is 1.05. The largest absolute Gasteiger partial charge is 0.0961 e. The highest BCUT2D eigenvalue weighted by Crippen LogP contribution is 2.18. The highest BCUT2D eigenvalue weighted by molar-refractivity contribution is 5.74. The van der Waals surface area contributed by atoms with E-state index in [9.17, 15) is 0 Å². The van der Waals surface area contributed by atoms with E-state index < -0.39 is 0 Å². The first kappa shape index (κ1) is 12.5. The molecule has 0 N–H and O–H groups in total. The summed E-state index contributed by atoms with van der Waals surface area (Å²) in [4.78, 5) is 0. The SMILES string of the molecule is C=C(C)/C=C\C(=C/CC)c1ccc(C)cc1. The zero-order valence-corrected chi connectivity index (χ0v) is 10.5. The number of aryl methyl sites for hydroxylation is 1. The zero-order valence-electron chi connectivity index (χ0n) is 10.5. The third-order valence-corrected chi connectivity index (χ3v) is 2.36. The molecule has 0 aliphatic carbocycles. The van der Waals surface area contributed by atoms with Gasteiger partial charge in [0.25, 0.3) is 0 Å². The summed E-state index contributed by atoms with van der Waals surface area (Å²) in [6.07, 6.45) is 7.48. The first-order valence-electron chi connectivity index (χ1n) is 5.74. The number of hydrogen-bond acceptors (Lipinski definition) is 0. The molecule has 0 spiro atoms. The van der Waals surface area contributed by atoms with Crippen LogP contribution in [0.3, 0.4) is 0 Å². The van der Waals surface area contributed by atoms with E-state index in [-0.39, 0.29) is 0 Å². The topological polar surface area (TPSA) is 0 Å². The number of hydrogen-bond donors (Lipinski definition) is 0. The fourth-order valence-corrected chi connectivity index (χ4v) is 1.48. The van der Waals surface area contributed by atoms with E-state index in [0.29, 0.717) is 0 Å². The average molecular weight is 212 g/mol. The fourth-order valence-electron chi connectivity index (χ4n) is 1.48. The molecule has 0 aromatic heterocycles. The molecule has 0 heterocycles. The molecule has 84 valence electrons. The Bertz CT molecular complexity index is 402. The monoisotopic (exact) mass is 212 g/mol. The van der Waals surface area contributed by atoms with Crippen molar-refractivity contribution in [1.82, 2.24) is 0 Å². The Kier molecular flexibility index (Phi) is 4.78. The van der Waals surface area contributed by atoms with Crippen LogP contribution >= 0.6 is 0 Å². The van der Waals surface area contributed by atoms with Crippen molar-refractivity contribution in [3.05, 3.63) is 65.8 Å². The Labute approximate surface area is 99.0 Å². The van der Waals surface area contributed by atoms with Crippen molar-refractivity contribution < 1.29 is 0 Å². The van der Waals surface area contributed by atoms with E-state index in [2.05, 4.69) is 62.9 Å². The minimum atomic E-state index is 1.05. The molecule has 1 aromatic carbocycles. The van der Waals surface area contributed by atoms with E-state index in [1.54, 1.807) is 0 Å². The molecule has 0 bridgehead atoms. The van der Waals surface area contributed by atoms with Gasteiger partial charge in [0.05, 0.1) is 0 Å². The summed E-state index contributed by atoms with van der Waals surface area (Å²) in [6, 6.07) is 8.63. The molecule has 1 rings (SSSR count). The molecule has 0 amide bonds. The first-order chi connectivity index (χ1) is 7.63. The molecule has 0 heteroatoms. The van der Waals surface area contributed by atoms with Gasteiger partial charge in [-0.15, -0.1) is 0 Å². The summed E-state index contributed by atoms with van der Waals surface area (Å²) < 4.78 is 0. The molecule has 0 saturated heterocycles. The average Bonchev–Trinajstić information content (AvgIpc) is 2.25. The molecule has 0 radical (unpaired) electrons. The second-order valence-corrected chi connectivity index (χ2v) is 4.11. The van der Waals surface area contributed by atoms with Crippen molar-refractivity contribution in [2.24, 2.45) is 0 Å².